The van der Waals surface area contributed by atoms with Crippen LogP contribution in [-0.2, 0) is 6.61 Å². The van der Waals surface area contributed by atoms with Crippen LogP contribution in [0.3, 0.4) is 0 Å². The smallest absolute Gasteiger partial charge is 0.410 e. The van der Waals surface area contributed by atoms with Crippen molar-refractivity contribution in [3.05, 3.63) is 58.6 Å². The highest BCUT2D eigenvalue weighted by molar-refractivity contribution is 6.05. The highest BCUT2D eigenvalue weighted by atomic mass is 19.4. The lowest BCUT2D eigenvalue weighted by Crippen LogP contribution is -2.43. The van der Waals surface area contributed by atoms with Gasteiger partial charge in [-0.15, -0.1) is 0 Å². The first-order valence-electron chi connectivity index (χ1n) is 9.54. The Bertz CT molecular complexity index is 1170. The summed E-state index contributed by atoms with van der Waals surface area (Å²) in [6.07, 6.45) is -4.90. The number of fused-ring (bicyclic) bond motifs is 1. The molecule has 12 heteroatoms. The van der Waals surface area contributed by atoms with E-state index in [0.29, 0.717) is 11.8 Å². The molecule has 32 heavy (non-hydrogen) atoms. The van der Waals surface area contributed by atoms with Crippen LogP contribution in [0.1, 0.15) is 40.0 Å². The third-order valence-electron chi connectivity index (χ3n) is 5.11. The molecule has 0 aliphatic carbocycles. The molecule has 3 aromatic rings. The summed E-state index contributed by atoms with van der Waals surface area (Å²) in [5, 5.41) is 7.64. The van der Waals surface area contributed by atoms with E-state index in [4.69, 9.17) is 9.26 Å². The Morgan fingerprint density at radius 3 is 2.69 bits per heavy atom. The molecule has 2 aromatic heterocycles. The molecule has 0 spiro atoms. The van der Waals surface area contributed by atoms with Crippen LogP contribution in [-0.4, -0.2) is 33.6 Å². The third-order valence-corrected chi connectivity index (χ3v) is 5.11. The van der Waals surface area contributed by atoms with Crippen molar-refractivity contribution in [2.75, 3.05) is 11.4 Å². The van der Waals surface area contributed by atoms with E-state index in [2.05, 4.69) is 10.3 Å². The average Bonchev–Trinajstić information content (AvgIpc) is 3.27. The second-order valence-electron chi connectivity index (χ2n) is 7.32. The molecule has 1 aromatic carbocycles. The van der Waals surface area contributed by atoms with Crippen LogP contribution in [0.25, 0.3) is 0 Å². The van der Waals surface area contributed by atoms with Crippen LogP contribution in [0.15, 0.2) is 28.8 Å². The lowest BCUT2D eigenvalue weighted by atomic mass is 10.1. The number of halogens is 5. The number of aromatic nitrogens is 3. The van der Waals surface area contributed by atoms with Gasteiger partial charge >= 0.3 is 6.18 Å². The van der Waals surface area contributed by atoms with Crippen molar-refractivity contribution in [2.24, 2.45) is 0 Å². The van der Waals surface area contributed by atoms with Crippen LogP contribution in [0.4, 0.5) is 27.8 Å². The van der Waals surface area contributed by atoms with E-state index in [1.54, 1.807) is 0 Å². The number of rotatable bonds is 4. The molecule has 0 saturated heterocycles. The Hall–Kier alpha value is -3.44. The number of aryl methyl sites for hydroxylation is 2. The molecule has 3 heterocycles. The van der Waals surface area contributed by atoms with Gasteiger partial charge in [0.15, 0.2) is 23.3 Å². The predicted octanol–water partition coefficient (Wildman–Crippen LogP) is 4.50. The van der Waals surface area contributed by atoms with E-state index in [1.807, 2.05) is 0 Å². The zero-order valence-electron chi connectivity index (χ0n) is 16.9. The molecule has 1 atom stereocenters. The Morgan fingerprint density at radius 2 is 2.00 bits per heavy atom. The largest absolute Gasteiger partial charge is 0.486 e. The van der Waals surface area contributed by atoms with Gasteiger partial charge in [-0.05, 0) is 32.4 Å². The second-order valence-corrected chi connectivity index (χ2v) is 7.32. The van der Waals surface area contributed by atoms with Crippen LogP contribution in [0.2, 0.25) is 0 Å². The van der Waals surface area contributed by atoms with E-state index in [-0.39, 0.29) is 48.2 Å². The first-order valence-corrected chi connectivity index (χ1v) is 9.54. The van der Waals surface area contributed by atoms with Crippen molar-refractivity contribution in [2.45, 2.75) is 39.1 Å². The van der Waals surface area contributed by atoms with Gasteiger partial charge in [0, 0.05) is 18.7 Å². The van der Waals surface area contributed by atoms with E-state index >= 15 is 0 Å². The van der Waals surface area contributed by atoms with Crippen molar-refractivity contribution >= 4 is 11.7 Å². The highest BCUT2D eigenvalue weighted by Crippen LogP contribution is 2.40. The molecule has 0 saturated carbocycles. The lowest BCUT2D eigenvalue weighted by molar-refractivity contribution is -0.172. The number of ether oxygens (including phenoxy) is 1. The second kappa shape index (κ2) is 7.92. The standard InChI is InChI=1S/C20H17F5N4O3/c1-10-7-17-28(6-5-16(20(23,24)25)29(17)26-10)19(30)18-13(11(2)32-27-18)9-31-15-4-3-12(21)8-14(15)22/h3-4,7-8,16H,5-6,9H2,1-2H3. The van der Waals surface area contributed by atoms with Gasteiger partial charge in [-0.1, -0.05) is 5.16 Å². The minimum absolute atomic E-state index is 0.0156. The van der Waals surface area contributed by atoms with Crippen molar-refractivity contribution in [3.63, 3.8) is 0 Å². The fourth-order valence-electron chi connectivity index (χ4n) is 3.53. The summed E-state index contributed by atoms with van der Waals surface area (Å²) in [6, 6.07) is 2.29. The zero-order valence-corrected chi connectivity index (χ0v) is 16.9. The van der Waals surface area contributed by atoms with E-state index in [1.165, 1.54) is 19.9 Å². The molecular weight excluding hydrogens is 439 g/mol. The molecule has 1 aliphatic heterocycles. The summed E-state index contributed by atoms with van der Waals surface area (Å²) in [5.41, 5.74) is 0.334. The van der Waals surface area contributed by atoms with Crippen LogP contribution < -0.4 is 9.64 Å². The zero-order chi connectivity index (χ0) is 23.2. The number of carbonyl (C=O) groups excluding carboxylic acids is 1. The van der Waals surface area contributed by atoms with Gasteiger partial charge in [0.05, 0.1) is 11.3 Å². The van der Waals surface area contributed by atoms with E-state index in [9.17, 15) is 26.7 Å². The molecule has 0 radical (unpaired) electrons. The fourth-order valence-corrected chi connectivity index (χ4v) is 3.53. The fraction of sp³-hybridized carbons (Fsp3) is 0.350. The molecule has 4 rings (SSSR count). The number of alkyl halides is 3. The van der Waals surface area contributed by atoms with Gasteiger partial charge in [0.25, 0.3) is 5.91 Å². The molecule has 0 bridgehead atoms. The first-order chi connectivity index (χ1) is 15.1. The van der Waals surface area contributed by atoms with Crippen LogP contribution in [0, 0.1) is 25.5 Å². The Labute approximate surface area is 178 Å². The maximum absolute atomic E-state index is 13.8. The summed E-state index contributed by atoms with van der Waals surface area (Å²) in [5.74, 6) is -2.46. The van der Waals surface area contributed by atoms with Gasteiger partial charge in [-0.2, -0.15) is 18.3 Å². The molecule has 1 aliphatic rings. The van der Waals surface area contributed by atoms with Gasteiger partial charge in [0.2, 0.25) is 0 Å². The summed E-state index contributed by atoms with van der Waals surface area (Å²) in [4.78, 5) is 14.3. The van der Waals surface area contributed by atoms with Gasteiger partial charge < -0.3 is 9.26 Å². The maximum atomic E-state index is 13.8. The van der Waals surface area contributed by atoms with Gasteiger partial charge in [0.1, 0.15) is 24.0 Å². The van der Waals surface area contributed by atoms with Gasteiger partial charge in [-0.3, -0.25) is 9.69 Å². The van der Waals surface area contributed by atoms with E-state index < -0.39 is 29.8 Å². The first kappa shape index (κ1) is 21.8. The minimum atomic E-state index is -4.52. The summed E-state index contributed by atoms with van der Waals surface area (Å²) >= 11 is 0. The molecule has 1 unspecified atom stereocenters. The summed E-state index contributed by atoms with van der Waals surface area (Å²) in [6.45, 7) is 2.50. The maximum Gasteiger partial charge on any atom is 0.410 e. The summed E-state index contributed by atoms with van der Waals surface area (Å²) in [7, 11) is 0. The third kappa shape index (κ3) is 3.92. The Balaban J connectivity index is 1.61. The van der Waals surface area contributed by atoms with E-state index in [0.717, 1.165) is 21.7 Å². The molecule has 1 amide bonds. The normalized spacial score (nSPS) is 16.2. The number of hydrogen-bond acceptors (Lipinski definition) is 5. The van der Waals surface area contributed by atoms with Crippen LogP contribution >= 0.6 is 0 Å². The monoisotopic (exact) mass is 456 g/mol. The molecule has 170 valence electrons. The predicted molar refractivity (Wildman–Crippen MR) is 100 cm³/mol. The average molecular weight is 456 g/mol. The number of amides is 1. The summed E-state index contributed by atoms with van der Waals surface area (Å²) < 4.78 is 78.4. The lowest BCUT2D eigenvalue weighted by Gasteiger charge is -2.33. The topological polar surface area (TPSA) is 73.4 Å². The van der Waals surface area contributed by atoms with Crippen molar-refractivity contribution in [1.29, 1.82) is 0 Å². The molecular formula is C20H17F5N4O3. The number of hydrogen-bond donors (Lipinski definition) is 0. The quantitative estimate of drug-likeness (QED) is 0.541. The minimum Gasteiger partial charge on any atom is -0.486 e. The number of carbonyl (C=O) groups is 1. The molecule has 0 fully saturated rings. The van der Waals surface area contributed by atoms with Crippen LogP contribution in [0.5, 0.6) is 5.75 Å². The van der Waals surface area contributed by atoms with Crippen molar-refractivity contribution < 1.29 is 36.0 Å². The number of benzene rings is 1. The highest BCUT2D eigenvalue weighted by Gasteiger charge is 2.46. The van der Waals surface area contributed by atoms with Crippen molar-refractivity contribution in [3.8, 4) is 5.75 Å². The van der Waals surface area contributed by atoms with Gasteiger partial charge in [-0.25, -0.2) is 13.5 Å². The molecule has 0 N–H and O–H groups in total. The SMILES string of the molecule is Cc1cc2n(n1)C(C(F)(F)F)CCN2C(=O)c1noc(C)c1COc1ccc(F)cc1F. The molecule has 7 nitrogen and oxygen atoms in total. The number of anilines is 1. The number of nitrogens with zero attached hydrogens (tertiary/aromatic N) is 4. The Kier molecular flexibility index (Phi) is 5.39. The van der Waals surface area contributed by atoms with Crippen molar-refractivity contribution in [1.82, 2.24) is 14.9 Å². The Morgan fingerprint density at radius 1 is 1.25 bits per heavy atom.